The Morgan fingerprint density at radius 1 is 1.50 bits per heavy atom. The number of nitrogens with two attached hydrogens (primary N) is 1. The molecule has 1 saturated carbocycles. The van der Waals surface area contributed by atoms with Gasteiger partial charge in [-0.2, -0.15) is 0 Å². The lowest BCUT2D eigenvalue weighted by Gasteiger charge is -2.39. The van der Waals surface area contributed by atoms with E-state index in [2.05, 4.69) is 31.1 Å². The lowest BCUT2D eigenvalue weighted by molar-refractivity contribution is -0.132. The van der Waals surface area contributed by atoms with Crippen LogP contribution in [0.5, 0.6) is 0 Å². The molecule has 3 nitrogen and oxygen atoms in total. The van der Waals surface area contributed by atoms with Crippen LogP contribution in [-0.2, 0) is 16.6 Å². The molecule has 2 N–H and O–H groups in total. The molecule has 1 aromatic heterocycles. The first-order valence-electron chi connectivity index (χ1n) is 6.56. The maximum Gasteiger partial charge on any atom is 0.147 e. The molecule has 0 aliphatic heterocycles. The van der Waals surface area contributed by atoms with E-state index in [0.29, 0.717) is 13.0 Å². The standard InChI is InChI=1S/C14H22N2OS/c1-13(2,3)10-8-18-12(16-10)7-11(17)14(9-15)5-4-6-14/h8H,4-7,9,15H2,1-3H3. The van der Waals surface area contributed by atoms with Gasteiger partial charge in [-0.15, -0.1) is 11.3 Å². The van der Waals surface area contributed by atoms with E-state index in [1.807, 2.05) is 0 Å². The quantitative estimate of drug-likeness (QED) is 0.911. The molecule has 0 radical (unpaired) electrons. The van der Waals surface area contributed by atoms with E-state index in [0.717, 1.165) is 30.0 Å². The monoisotopic (exact) mass is 266 g/mol. The van der Waals surface area contributed by atoms with Crippen molar-refractivity contribution in [3.05, 3.63) is 16.1 Å². The molecule has 0 saturated heterocycles. The average molecular weight is 266 g/mol. The van der Waals surface area contributed by atoms with E-state index in [-0.39, 0.29) is 16.6 Å². The van der Waals surface area contributed by atoms with Gasteiger partial charge in [-0.05, 0) is 12.8 Å². The van der Waals surface area contributed by atoms with Gasteiger partial charge in [-0.3, -0.25) is 4.79 Å². The van der Waals surface area contributed by atoms with Crippen LogP contribution >= 0.6 is 11.3 Å². The van der Waals surface area contributed by atoms with Crippen molar-refractivity contribution in [3.63, 3.8) is 0 Å². The summed E-state index contributed by atoms with van der Waals surface area (Å²) in [5.74, 6) is 0.283. The molecule has 0 atom stereocenters. The zero-order valence-electron chi connectivity index (χ0n) is 11.5. The number of carbonyl (C=O) groups is 1. The van der Waals surface area contributed by atoms with Gasteiger partial charge in [0.2, 0.25) is 0 Å². The van der Waals surface area contributed by atoms with Crippen LogP contribution < -0.4 is 5.73 Å². The van der Waals surface area contributed by atoms with Crippen molar-refractivity contribution in [2.45, 2.75) is 51.9 Å². The van der Waals surface area contributed by atoms with Gasteiger partial charge in [-0.1, -0.05) is 27.2 Å². The molecule has 0 spiro atoms. The minimum atomic E-state index is -0.229. The van der Waals surface area contributed by atoms with Crippen LogP contribution in [0, 0.1) is 5.41 Å². The second-order valence-corrected chi connectivity index (χ2v) is 7.26. The molecular weight excluding hydrogens is 244 g/mol. The first kappa shape index (κ1) is 13.7. The van der Waals surface area contributed by atoms with Crippen LogP contribution in [0.4, 0.5) is 0 Å². The predicted octanol–water partition coefficient (Wildman–Crippen LogP) is 2.68. The van der Waals surface area contributed by atoms with Gasteiger partial charge in [0, 0.05) is 22.8 Å². The molecule has 1 aromatic rings. The lowest BCUT2D eigenvalue weighted by Crippen LogP contribution is -2.45. The van der Waals surface area contributed by atoms with Gasteiger partial charge in [0.25, 0.3) is 0 Å². The van der Waals surface area contributed by atoms with E-state index < -0.39 is 0 Å². The van der Waals surface area contributed by atoms with Crippen LogP contribution in [0.1, 0.15) is 50.7 Å². The van der Waals surface area contributed by atoms with Crippen LogP contribution in [0.2, 0.25) is 0 Å². The summed E-state index contributed by atoms with van der Waals surface area (Å²) in [5, 5.41) is 3.00. The van der Waals surface area contributed by atoms with E-state index in [9.17, 15) is 4.79 Å². The SMILES string of the molecule is CC(C)(C)c1csc(CC(=O)C2(CN)CCC2)n1. The van der Waals surface area contributed by atoms with Crippen LogP contribution in [0.3, 0.4) is 0 Å². The number of nitrogens with zero attached hydrogens (tertiary/aromatic N) is 1. The Morgan fingerprint density at radius 2 is 2.17 bits per heavy atom. The first-order chi connectivity index (χ1) is 8.37. The van der Waals surface area contributed by atoms with Gasteiger partial charge < -0.3 is 5.73 Å². The largest absolute Gasteiger partial charge is 0.329 e. The lowest BCUT2D eigenvalue weighted by atomic mass is 9.65. The predicted molar refractivity (Wildman–Crippen MR) is 74.9 cm³/mol. The molecular formula is C14H22N2OS. The summed E-state index contributed by atoms with van der Waals surface area (Å²) in [5.41, 5.74) is 6.66. The molecule has 4 heteroatoms. The van der Waals surface area contributed by atoms with Gasteiger partial charge in [0.1, 0.15) is 10.8 Å². The highest BCUT2D eigenvalue weighted by Crippen LogP contribution is 2.41. The second kappa shape index (κ2) is 4.74. The van der Waals surface area contributed by atoms with Crippen molar-refractivity contribution in [2.75, 3.05) is 6.54 Å². The van der Waals surface area contributed by atoms with Crippen LogP contribution in [-0.4, -0.2) is 17.3 Å². The summed E-state index contributed by atoms with van der Waals surface area (Å²) in [6.45, 7) is 6.91. The molecule has 0 bridgehead atoms. The normalized spacial score (nSPS) is 18.4. The molecule has 0 unspecified atom stereocenters. The highest BCUT2D eigenvalue weighted by molar-refractivity contribution is 7.09. The molecule has 0 aromatic carbocycles. The fraction of sp³-hybridized carbons (Fsp3) is 0.714. The highest BCUT2D eigenvalue weighted by atomic mass is 32.1. The Bertz CT molecular complexity index is 435. The van der Waals surface area contributed by atoms with Crippen molar-refractivity contribution < 1.29 is 4.79 Å². The number of aromatic nitrogens is 1. The van der Waals surface area contributed by atoms with E-state index in [1.54, 1.807) is 11.3 Å². The van der Waals surface area contributed by atoms with Crippen molar-refractivity contribution in [1.82, 2.24) is 4.98 Å². The Balaban J connectivity index is 2.06. The van der Waals surface area contributed by atoms with Crippen LogP contribution in [0.25, 0.3) is 0 Å². The summed E-state index contributed by atoms with van der Waals surface area (Å²) in [6.07, 6.45) is 3.51. The maximum atomic E-state index is 12.3. The topological polar surface area (TPSA) is 56.0 Å². The van der Waals surface area contributed by atoms with Gasteiger partial charge >= 0.3 is 0 Å². The number of carbonyl (C=O) groups excluding carboxylic acids is 1. The molecule has 18 heavy (non-hydrogen) atoms. The molecule has 1 aliphatic rings. The average Bonchev–Trinajstić information content (AvgIpc) is 2.64. The number of ketones is 1. The third-order valence-corrected chi connectivity index (χ3v) is 4.77. The third kappa shape index (κ3) is 2.50. The summed E-state index contributed by atoms with van der Waals surface area (Å²) >= 11 is 1.59. The summed E-state index contributed by atoms with van der Waals surface area (Å²) in [4.78, 5) is 16.9. The number of hydrogen-bond acceptors (Lipinski definition) is 4. The Morgan fingerprint density at radius 3 is 2.56 bits per heavy atom. The molecule has 0 amide bonds. The van der Waals surface area contributed by atoms with E-state index in [1.165, 1.54) is 0 Å². The third-order valence-electron chi connectivity index (χ3n) is 3.92. The fourth-order valence-corrected chi connectivity index (χ4v) is 3.28. The number of hydrogen-bond donors (Lipinski definition) is 1. The minimum Gasteiger partial charge on any atom is -0.329 e. The fourth-order valence-electron chi connectivity index (χ4n) is 2.26. The van der Waals surface area contributed by atoms with Gasteiger partial charge in [0.05, 0.1) is 12.1 Å². The molecule has 1 heterocycles. The summed E-state index contributed by atoms with van der Waals surface area (Å²) < 4.78 is 0. The molecule has 2 rings (SSSR count). The minimum absolute atomic E-state index is 0.0554. The van der Waals surface area contributed by atoms with E-state index in [4.69, 9.17) is 5.73 Å². The second-order valence-electron chi connectivity index (χ2n) is 6.31. The molecule has 1 aliphatic carbocycles. The highest BCUT2D eigenvalue weighted by Gasteiger charge is 2.42. The van der Waals surface area contributed by atoms with Gasteiger partial charge in [0.15, 0.2) is 0 Å². The zero-order valence-corrected chi connectivity index (χ0v) is 12.3. The van der Waals surface area contributed by atoms with Crippen molar-refractivity contribution >= 4 is 17.1 Å². The Kier molecular flexibility index (Phi) is 3.60. The van der Waals surface area contributed by atoms with Gasteiger partial charge in [-0.25, -0.2) is 4.98 Å². The van der Waals surface area contributed by atoms with Crippen molar-refractivity contribution in [3.8, 4) is 0 Å². The summed E-state index contributed by atoms with van der Waals surface area (Å²) in [7, 11) is 0. The van der Waals surface area contributed by atoms with E-state index >= 15 is 0 Å². The first-order valence-corrected chi connectivity index (χ1v) is 7.44. The van der Waals surface area contributed by atoms with Crippen LogP contribution in [0.15, 0.2) is 5.38 Å². The van der Waals surface area contributed by atoms with Crippen molar-refractivity contribution in [2.24, 2.45) is 11.1 Å². The summed E-state index contributed by atoms with van der Waals surface area (Å²) in [6, 6.07) is 0. The zero-order chi connectivity index (χ0) is 13.4. The number of rotatable bonds is 4. The Labute approximate surface area is 113 Å². The van der Waals surface area contributed by atoms with Crippen molar-refractivity contribution in [1.29, 1.82) is 0 Å². The maximum absolute atomic E-state index is 12.3. The smallest absolute Gasteiger partial charge is 0.147 e. The molecule has 100 valence electrons. The number of Topliss-reactive ketones (excluding diaryl/α,β-unsaturated/α-hetero) is 1. The molecule has 1 fully saturated rings. The number of thiazole rings is 1. The Hall–Kier alpha value is -0.740.